The molecule has 0 aliphatic carbocycles. The Morgan fingerprint density at radius 3 is 2.47 bits per heavy atom. The molecule has 1 aromatic carbocycles. The highest BCUT2D eigenvalue weighted by atomic mass is 16.6. The zero-order valence-electron chi connectivity index (χ0n) is 13.9. The molecule has 1 amide bonds. The normalized spacial score (nSPS) is 13.3. The molecule has 0 radical (unpaired) electrons. The number of ether oxygens (including phenoxy) is 2. The number of amides is 1. The van der Waals surface area contributed by atoms with E-state index in [0.717, 1.165) is 11.3 Å². The Bertz CT molecular complexity index is 467. The Labute approximate surface area is 117 Å². The van der Waals surface area contributed by atoms with Crippen molar-refractivity contribution in [1.29, 1.82) is 0 Å². The predicted molar refractivity (Wildman–Crippen MR) is 75.6 cm³/mol. The number of benzene rings is 1. The minimum absolute atomic E-state index is 0.165. The first-order valence-corrected chi connectivity index (χ1v) is 6.25. The summed E-state index contributed by atoms with van der Waals surface area (Å²) in [6, 6.07) is 7.41. The first-order chi connectivity index (χ1) is 9.61. The molecule has 0 bridgehead atoms. The van der Waals surface area contributed by atoms with Gasteiger partial charge in [0.15, 0.2) is 0 Å². The third-order valence-electron chi connectivity index (χ3n) is 2.29. The summed E-state index contributed by atoms with van der Waals surface area (Å²) in [6.45, 7) is 3.39. The van der Waals surface area contributed by atoms with E-state index in [2.05, 4.69) is 5.32 Å². The minimum Gasteiger partial charge on any atom is -0.497 e. The summed E-state index contributed by atoms with van der Waals surface area (Å²) in [6.07, 6.45) is -0.0759. The quantitative estimate of drug-likeness (QED) is 0.891. The number of nitrogens with one attached hydrogen (secondary N) is 1. The van der Waals surface area contributed by atoms with Gasteiger partial charge >= 0.3 is 6.09 Å². The zero-order valence-corrected chi connectivity index (χ0v) is 11.9. The van der Waals surface area contributed by atoms with E-state index in [9.17, 15) is 4.79 Å². The molecule has 4 heteroatoms. The third-order valence-corrected chi connectivity index (χ3v) is 2.29. The molecule has 1 rings (SSSR count). The average Bonchev–Trinajstić information content (AvgIpc) is 2.34. The average molecular weight is 267 g/mol. The fourth-order valence-corrected chi connectivity index (χ4v) is 1.44. The van der Waals surface area contributed by atoms with E-state index >= 15 is 0 Å². The van der Waals surface area contributed by atoms with Gasteiger partial charge in [-0.3, -0.25) is 0 Å². The van der Waals surface area contributed by atoms with Crippen LogP contribution in [0.5, 0.6) is 5.75 Å². The molecule has 0 fully saturated rings. The van der Waals surface area contributed by atoms with Gasteiger partial charge in [0.2, 0.25) is 0 Å². The molecule has 0 heterocycles. The van der Waals surface area contributed by atoms with Crippen LogP contribution in [0.2, 0.25) is 0 Å². The van der Waals surface area contributed by atoms with Crippen LogP contribution in [0.1, 0.15) is 35.5 Å². The fraction of sp³-hybridized carbons (Fsp3) is 0.533. The van der Waals surface area contributed by atoms with Gasteiger partial charge in [0.05, 0.1) is 7.11 Å². The second kappa shape index (κ2) is 7.02. The van der Waals surface area contributed by atoms with Gasteiger partial charge in [0.1, 0.15) is 11.4 Å². The van der Waals surface area contributed by atoms with Crippen LogP contribution in [0.15, 0.2) is 24.3 Å². The lowest BCUT2D eigenvalue weighted by Crippen LogP contribution is -2.33. The second-order valence-electron chi connectivity index (χ2n) is 5.15. The summed E-state index contributed by atoms with van der Waals surface area (Å²) >= 11 is 0. The zero-order chi connectivity index (χ0) is 16.1. The monoisotopic (exact) mass is 267 g/mol. The Morgan fingerprint density at radius 2 is 1.95 bits per heavy atom. The van der Waals surface area contributed by atoms with E-state index in [0.29, 0.717) is 6.42 Å². The van der Waals surface area contributed by atoms with Crippen molar-refractivity contribution >= 4 is 6.09 Å². The predicted octanol–water partition coefficient (Wildman–Crippen LogP) is 3.15. The smallest absolute Gasteiger partial charge is 0.407 e. The third kappa shape index (κ3) is 6.70. The number of methoxy groups -OCH3 is 1. The fourth-order valence-electron chi connectivity index (χ4n) is 1.44. The molecule has 0 saturated heterocycles. The summed E-state index contributed by atoms with van der Waals surface area (Å²) in [5, 5.41) is 2.25. The van der Waals surface area contributed by atoms with Crippen molar-refractivity contribution in [2.45, 2.75) is 39.2 Å². The maximum Gasteiger partial charge on any atom is 0.407 e. The molecular formula is C15H23NO3. The van der Waals surface area contributed by atoms with Gasteiger partial charge in [0.25, 0.3) is 0 Å². The molecular weight excluding hydrogens is 242 g/mol. The van der Waals surface area contributed by atoms with Crippen LogP contribution in [0, 0.1) is 0 Å². The second-order valence-corrected chi connectivity index (χ2v) is 5.15. The Balaban J connectivity index is 2.49. The van der Waals surface area contributed by atoms with Crippen LogP contribution in [0.25, 0.3) is 0 Å². The van der Waals surface area contributed by atoms with Crippen molar-refractivity contribution in [2.75, 3.05) is 13.6 Å². The molecule has 0 spiro atoms. The Hall–Kier alpha value is -1.71. The van der Waals surface area contributed by atoms with Crippen molar-refractivity contribution < 1.29 is 17.0 Å². The number of carbonyl (C=O) groups excluding carboxylic acids is 1. The van der Waals surface area contributed by atoms with Gasteiger partial charge in [-0.15, -0.1) is 0 Å². The van der Waals surface area contributed by atoms with Crippen LogP contribution in [0.4, 0.5) is 4.79 Å². The number of aryl methyl sites for hydroxylation is 1. The highest BCUT2D eigenvalue weighted by Crippen LogP contribution is 2.12. The molecule has 4 nitrogen and oxygen atoms in total. The van der Waals surface area contributed by atoms with Gasteiger partial charge in [-0.2, -0.15) is 0 Å². The van der Waals surface area contributed by atoms with Crippen molar-refractivity contribution in [2.24, 2.45) is 0 Å². The summed E-state index contributed by atoms with van der Waals surface area (Å²) in [5.41, 5.74) is 0.335. The number of hydrogen-bond donors (Lipinski definition) is 1. The van der Waals surface area contributed by atoms with E-state index in [1.807, 2.05) is 24.3 Å². The first kappa shape index (κ1) is 12.3. The summed E-state index contributed by atoms with van der Waals surface area (Å²) in [5.74, 6) is 0.758. The summed E-state index contributed by atoms with van der Waals surface area (Å²) in [4.78, 5) is 11.6. The lowest BCUT2D eigenvalue weighted by atomic mass is 10.1. The topological polar surface area (TPSA) is 47.6 Å². The molecule has 0 aliphatic rings. The van der Waals surface area contributed by atoms with E-state index in [4.69, 9.17) is 12.2 Å². The van der Waals surface area contributed by atoms with Crippen molar-refractivity contribution in [3.63, 3.8) is 0 Å². The van der Waals surface area contributed by atoms with E-state index in [1.165, 1.54) is 0 Å². The van der Waals surface area contributed by atoms with Crippen molar-refractivity contribution in [1.82, 2.24) is 5.32 Å². The van der Waals surface area contributed by atoms with Crippen LogP contribution in [-0.2, 0) is 11.2 Å². The highest BCUT2D eigenvalue weighted by molar-refractivity contribution is 5.67. The summed E-state index contributed by atoms with van der Waals surface area (Å²) in [7, 11) is 1.60. The Morgan fingerprint density at radius 1 is 1.32 bits per heavy atom. The van der Waals surface area contributed by atoms with E-state index in [1.54, 1.807) is 27.9 Å². The van der Waals surface area contributed by atoms with Gasteiger partial charge in [-0.05, 0) is 51.3 Å². The standard InChI is InChI=1S/C15H23NO3/c1-15(2,3)19-14(17)16-11-5-6-12-7-9-13(18-4)10-8-12/h7-10H,5-6,11H2,1-4H3,(H,16,17)/i11D2. The molecule has 0 aliphatic heterocycles. The molecule has 1 aromatic rings. The van der Waals surface area contributed by atoms with Crippen LogP contribution >= 0.6 is 0 Å². The molecule has 0 saturated carbocycles. The van der Waals surface area contributed by atoms with Crippen LogP contribution in [-0.4, -0.2) is 25.3 Å². The van der Waals surface area contributed by atoms with Gasteiger partial charge < -0.3 is 14.8 Å². The molecule has 0 unspecified atom stereocenters. The first-order valence-electron chi connectivity index (χ1n) is 7.25. The SMILES string of the molecule is [2H]C([2H])(CCc1ccc(OC)cc1)NC(=O)OC(C)(C)C. The van der Waals surface area contributed by atoms with Crippen LogP contribution in [0.3, 0.4) is 0 Å². The highest BCUT2D eigenvalue weighted by Gasteiger charge is 2.15. The molecule has 106 valence electrons. The number of alkyl carbamates (subject to hydrolysis) is 1. The number of carbonyl (C=O) groups is 1. The molecule has 19 heavy (non-hydrogen) atoms. The summed E-state index contributed by atoms with van der Waals surface area (Å²) < 4.78 is 25.8. The van der Waals surface area contributed by atoms with Crippen molar-refractivity contribution in [3.05, 3.63) is 29.8 Å². The maximum atomic E-state index is 11.6. The molecule has 1 N–H and O–H groups in total. The minimum atomic E-state index is -1.82. The van der Waals surface area contributed by atoms with Gasteiger partial charge in [-0.25, -0.2) is 4.79 Å². The largest absolute Gasteiger partial charge is 0.497 e. The number of rotatable bonds is 5. The van der Waals surface area contributed by atoms with E-state index < -0.39 is 18.2 Å². The van der Waals surface area contributed by atoms with Crippen molar-refractivity contribution in [3.8, 4) is 5.75 Å². The number of hydrogen-bond acceptors (Lipinski definition) is 3. The van der Waals surface area contributed by atoms with E-state index in [-0.39, 0.29) is 6.42 Å². The van der Waals surface area contributed by atoms with Crippen LogP contribution < -0.4 is 10.1 Å². The maximum absolute atomic E-state index is 11.6. The lowest BCUT2D eigenvalue weighted by molar-refractivity contribution is 0.0527. The lowest BCUT2D eigenvalue weighted by Gasteiger charge is -2.19. The van der Waals surface area contributed by atoms with Gasteiger partial charge in [-0.1, -0.05) is 12.1 Å². The van der Waals surface area contributed by atoms with Gasteiger partial charge in [0, 0.05) is 9.24 Å². The molecule has 0 aromatic heterocycles. The molecule has 0 atom stereocenters. The Kier molecular flexibility index (Phi) is 4.56.